The van der Waals surface area contributed by atoms with Crippen LogP contribution < -0.4 is 0 Å². The summed E-state index contributed by atoms with van der Waals surface area (Å²) in [6.07, 6.45) is 2.91. The van der Waals surface area contributed by atoms with E-state index in [1.165, 1.54) is 0 Å². The second-order valence-electron chi connectivity index (χ2n) is 4.58. The van der Waals surface area contributed by atoms with Crippen molar-refractivity contribution < 1.29 is 4.79 Å². The zero-order valence-electron chi connectivity index (χ0n) is 11.7. The highest BCUT2D eigenvalue weighted by Gasteiger charge is 2.12. The molecule has 0 spiro atoms. The fourth-order valence-electron chi connectivity index (χ4n) is 2.00. The molecule has 0 bridgehead atoms. The van der Waals surface area contributed by atoms with Gasteiger partial charge in [0, 0.05) is 29.7 Å². The molecule has 0 aromatic carbocycles. The summed E-state index contributed by atoms with van der Waals surface area (Å²) >= 11 is 0. The van der Waals surface area contributed by atoms with Gasteiger partial charge in [-0.3, -0.25) is 14.5 Å². The molecular formula is C15H19N3O. The summed E-state index contributed by atoms with van der Waals surface area (Å²) in [5.41, 5.74) is 3.59. The summed E-state index contributed by atoms with van der Waals surface area (Å²) in [5.74, 6) is 0.0877. The Kier molecular flexibility index (Phi) is 4.10. The first-order valence-corrected chi connectivity index (χ1v) is 6.65. The first-order chi connectivity index (χ1) is 9.13. The van der Waals surface area contributed by atoms with Crippen molar-refractivity contribution in [2.45, 2.75) is 40.2 Å². The molecule has 0 saturated carbocycles. The number of hydrogen-bond donors (Lipinski definition) is 0. The molecule has 4 nitrogen and oxygen atoms in total. The van der Waals surface area contributed by atoms with Gasteiger partial charge in [-0.05, 0) is 38.5 Å². The monoisotopic (exact) mass is 257 g/mol. The van der Waals surface area contributed by atoms with E-state index in [1.54, 1.807) is 6.20 Å². The number of Topliss-reactive ketones (excluding diaryl/α,β-unsaturated/α-hetero) is 1. The first-order valence-electron chi connectivity index (χ1n) is 6.65. The second kappa shape index (κ2) is 5.78. The minimum absolute atomic E-state index is 0.0877. The number of carbonyl (C=O) groups is 1. The van der Waals surface area contributed by atoms with Gasteiger partial charge in [0.1, 0.15) is 0 Å². The summed E-state index contributed by atoms with van der Waals surface area (Å²) in [6.45, 7) is 6.80. The maximum Gasteiger partial charge on any atom is 0.170 e. The summed E-state index contributed by atoms with van der Waals surface area (Å²) in [7, 11) is 0. The molecule has 2 aromatic rings. The predicted molar refractivity (Wildman–Crippen MR) is 74.3 cm³/mol. The van der Waals surface area contributed by atoms with E-state index in [9.17, 15) is 4.79 Å². The van der Waals surface area contributed by atoms with Gasteiger partial charge in [0.05, 0.1) is 12.1 Å². The van der Waals surface area contributed by atoms with E-state index >= 15 is 0 Å². The fourth-order valence-corrected chi connectivity index (χ4v) is 2.00. The Balaban J connectivity index is 2.18. The summed E-state index contributed by atoms with van der Waals surface area (Å²) in [5, 5.41) is 4.46. The molecular weight excluding hydrogens is 238 g/mol. The van der Waals surface area contributed by atoms with Crippen LogP contribution in [0.15, 0.2) is 24.4 Å². The number of hydrogen-bond acceptors (Lipinski definition) is 3. The predicted octanol–water partition coefficient (Wildman–Crippen LogP) is 2.59. The number of carbonyl (C=O) groups excluding carboxylic acids is 1. The van der Waals surface area contributed by atoms with Gasteiger partial charge in [-0.25, -0.2) is 0 Å². The quantitative estimate of drug-likeness (QED) is 0.773. The van der Waals surface area contributed by atoms with Crippen LogP contribution in [0.2, 0.25) is 0 Å². The van der Waals surface area contributed by atoms with Crippen molar-refractivity contribution >= 4 is 5.78 Å². The van der Waals surface area contributed by atoms with E-state index in [4.69, 9.17) is 0 Å². The van der Waals surface area contributed by atoms with Crippen LogP contribution >= 0.6 is 0 Å². The Morgan fingerprint density at radius 2 is 2.11 bits per heavy atom. The van der Waals surface area contributed by atoms with E-state index in [0.717, 1.165) is 30.0 Å². The molecule has 0 aliphatic heterocycles. The molecule has 2 aromatic heterocycles. The van der Waals surface area contributed by atoms with Gasteiger partial charge >= 0.3 is 0 Å². The number of ketones is 1. The number of rotatable bonds is 5. The van der Waals surface area contributed by atoms with Gasteiger partial charge in [0.15, 0.2) is 5.78 Å². The van der Waals surface area contributed by atoms with E-state index in [-0.39, 0.29) is 5.78 Å². The second-order valence-corrected chi connectivity index (χ2v) is 4.58. The van der Waals surface area contributed by atoms with Crippen molar-refractivity contribution in [2.75, 3.05) is 0 Å². The molecule has 0 N–H and O–H groups in total. The Labute approximate surface area is 113 Å². The third-order valence-electron chi connectivity index (χ3n) is 3.15. The molecule has 0 saturated heterocycles. The lowest BCUT2D eigenvalue weighted by Crippen LogP contribution is -2.10. The van der Waals surface area contributed by atoms with Crippen LogP contribution in [0.3, 0.4) is 0 Å². The van der Waals surface area contributed by atoms with E-state index < -0.39 is 0 Å². The fraction of sp³-hybridized carbons (Fsp3) is 0.400. The summed E-state index contributed by atoms with van der Waals surface area (Å²) < 4.78 is 1.90. The number of nitrogens with zero attached hydrogens (tertiary/aromatic N) is 3. The average Bonchev–Trinajstić information content (AvgIpc) is 2.81. The van der Waals surface area contributed by atoms with Crippen LogP contribution in [0.5, 0.6) is 0 Å². The van der Waals surface area contributed by atoms with Crippen LogP contribution in [0.25, 0.3) is 0 Å². The van der Waals surface area contributed by atoms with Gasteiger partial charge in [0.25, 0.3) is 0 Å². The molecule has 2 rings (SSSR count). The van der Waals surface area contributed by atoms with Crippen LogP contribution in [-0.2, 0) is 19.4 Å². The molecule has 2 heterocycles. The molecule has 100 valence electrons. The van der Waals surface area contributed by atoms with Crippen LogP contribution in [0, 0.1) is 6.92 Å². The van der Waals surface area contributed by atoms with Crippen LogP contribution in [0.4, 0.5) is 0 Å². The zero-order valence-corrected chi connectivity index (χ0v) is 11.7. The Morgan fingerprint density at radius 3 is 2.68 bits per heavy atom. The highest BCUT2D eigenvalue weighted by Crippen LogP contribution is 2.10. The van der Waals surface area contributed by atoms with E-state index in [1.807, 2.05) is 36.7 Å². The lowest BCUT2D eigenvalue weighted by molar-refractivity contribution is 0.0990. The van der Waals surface area contributed by atoms with Gasteiger partial charge in [0.2, 0.25) is 0 Å². The highest BCUT2D eigenvalue weighted by molar-refractivity contribution is 5.97. The SMILES string of the molecule is CCc1cc(CC(=O)c2ccc(C)nc2)n(CC)n1. The first kappa shape index (κ1) is 13.5. The number of aryl methyl sites for hydroxylation is 3. The molecule has 0 amide bonds. The minimum Gasteiger partial charge on any atom is -0.294 e. The Hall–Kier alpha value is -1.97. The average molecular weight is 257 g/mol. The topological polar surface area (TPSA) is 47.8 Å². The molecule has 0 aliphatic carbocycles. The van der Waals surface area contributed by atoms with E-state index in [0.29, 0.717) is 12.0 Å². The molecule has 0 aliphatic rings. The number of pyridine rings is 1. The molecule has 0 atom stereocenters. The third-order valence-corrected chi connectivity index (χ3v) is 3.15. The van der Waals surface area contributed by atoms with Crippen LogP contribution in [-0.4, -0.2) is 20.5 Å². The van der Waals surface area contributed by atoms with Crippen molar-refractivity contribution in [2.24, 2.45) is 0 Å². The zero-order chi connectivity index (χ0) is 13.8. The van der Waals surface area contributed by atoms with Gasteiger partial charge in [-0.15, -0.1) is 0 Å². The molecule has 0 radical (unpaired) electrons. The minimum atomic E-state index is 0.0877. The van der Waals surface area contributed by atoms with Crippen molar-refractivity contribution in [1.29, 1.82) is 0 Å². The van der Waals surface area contributed by atoms with Crippen molar-refractivity contribution in [3.05, 3.63) is 47.0 Å². The standard InChI is InChI=1S/C15H19N3O/c1-4-13-8-14(18(5-2)17-13)9-15(19)12-7-6-11(3)16-10-12/h6-8,10H,4-5,9H2,1-3H3. The lowest BCUT2D eigenvalue weighted by atomic mass is 10.1. The molecule has 0 unspecified atom stereocenters. The lowest BCUT2D eigenvalue weighted by Gasteiger charge is -2.04. The molecule has 19 heavy (non-hydrogen) atoms. The Bertz CT molecular complexity index is 570. The largest absolute Gasteiger partial charge is 0.294 e. The highest BCUT2D eigenvalue weighted by atomic mass is 16.1. The molecule has 0 fully saturated rings. The summed E-state index contributed by atoms with van der Waals surface area (Å²) in [6, 6.07) is 5.71. The van der Waals surface area contributed by atoms with Crippen molar-refractivity contribution in [3.63, 3.8) is 0 Å². The maximum absolute atomic E-state index is 12.2. The smallest absolute Gasteiger partial charge is 0.170 e. The summed E-state index contributed by atoms with van der Waals surface area (Å²) in [4.78, 5) is 16.4. The number of aromatic nitrogens is 3. The third kappa shape index (κ3) is 3.08. The maximum atomic E-state index is 12.2. The van der Waals surface area contributed by atoms with E-state index in [2.05, 4.69) is 17.0 Å². The van der Waals surface area contributed by atoms with Crippen molar-refractivity contribution in [3.8, 4) is 0 Å². The van der Waals surface area contributed by atoms with Gasteiger partial charge in [-0.2, -0.15) is 5.10 Å². The van der Waals surface area contributed by atoms with Gasteiger partial charge < -0.3 is 0 Å². The normalized spacial score (nSPS) is 10.7. The van der Waals surface area contributed by atoms with Gasteiger partial charge in [-0.1, -0.05) is 6.92 Å². The Morgan fingerprint density at radius 1 is 1.32 bits per heavy atom. The van der Waals surface area contributed by atoms with Crippen molar-refractivity contribution in [1.82, 2.24) is 14.8 Å². The van der Waals surface area contributed by atoms with Crippen LogP contribution in [0.1, 0.15) is 41.3 Å². The molecule has 4 heteroatoms.